The van der Waals surface area contributed by atoms with E-state index in [1.807, 2.05) is 18.2 Å². The smallest absolute Gasteiger partial charge is 0.187 e. The molecule has 1 aliphatic rings. The van der Waals surface area contributed by atoms with E-state index >= 15 is 0 Å². The highest BCUT2D eigenvalue weighted by Crippen LogP contribution is 2.34. The Morgan fingerprint density at radius 2 is 2.00 bits per heavy atom. The first kappa shape index (κ1) is 13.5. The first-order chi connectivity index (χ1) is 8.61. The van der Waals surface area contributed by atoms with E-state index in [1.54, 1.807) is 6.92 Å². The van der Waals surface area contributed by atoms with Crippen molar-refractivity contribution < 1.29 is 14.6 Å². The van der Waals surface area contributed by atoms with Crippen LogP contribution in [-0.4, -0.2) is 37.8 Å². The zero-order valence-corrected chi connectivity index (χ0v) is 11.1. The van der Waals surface area contributed by atoms with Crippen molar-refractivity contribution in [3.05, 3.63) is 35.4 Å². The summed E-state index contributed by atoms with van der Waals surface area (Å²) in [7, 11) is 3.08. The molecular weight excluding hydrogens is 230 g/mol. The van der Waals surface area contributed by atoms with E-state index < -0.39 is 11.9 Å². The normalized spacial score (nSPS) is 22.6. The van der Waals surface area contributed by atoms with E-state index in [4.69, 9.17) is 9.47 Å². The Kier molecular flexibility index (Phi) is 4.02. The summed E-state index contributed by atoms with van der Waals surface area (Å²) in [5.41, 5.74) is 1.26. The molecule has 2 unspecified atom stereocenters. The quantitative estimate of drug-likeness (QED) is 0.791. The Balaban J connectivity index is 2.34. The summed E-state index contributed by atoms with van der Waals surface area (Å²) in [6, 6.07) is 7.98. The van der Waals surface area contributed by atoms with Gasteiger partial charge in [-0.1, -0.05) is 24.3 Å². The molecule has 4 nitrogen and oxygen atoms in total. The lowest BCUT2D eigenvalue weighted by atomic mass is 9.83. The molecule has 1 aromatic rings. The minimum Gasteiger partial charge on any atom is -0.383 e. The predicted octanol–water partition coefficient (Wildman–Crippen LogP) is 1.24. The van der Waals surface area contributed by atoms with Crippen molar-refractivity contribution in [1.29, 1.82) is 0 Å². The van der Waals surface area contributed by atoms with Gasteiger partial charge >= 0.3 is 0 Å². The first-order valence-corrected chi connectivity index (χ1v) is 6.20. The molecule has 2 rings (SSSR count). The van der Waals surface area contributed by atoms with Crippen molar-refractivity contribution in [2.24, 2.45) is 0 Å². The third-order valence-corrected chi connectivity index (χ3v) is 3.60. The van der Waals surface area contributed by atoms with Crippen molar-refractivity contribution in [3.63, 3.8) is 0 Å². The second-order valence-corrected chi connectivity index (χ2v) is 4.87. The van der Waals surface area contributed by atoms with Crippen LogP contribution in [0.4, 0.5) is 0 Å². The van der Waals surface area contributed by atoms with Crippen LogP contribution in [0.3, 0.4) is 0 Å². The topological polar surface area (TPSA) is 50.7 Å². The van der Waals surface area contributed by atoms with E-state index in [0.717, 1.165) is 18.5 Å². The van der Waals surface area contributed by atoms with E-state index in [1.165, 1.54) is 19.8 Å². The molecule has 0 spiro atoms. The van der Waals surface area contributed by atoms with Gasteiger partial charge in [0.05, 0.1) is 6.04 Å². The van der Waals surface area contributed by atoms with Crippen LogP contribution in [0.5, 0.6) is 0 Å². The summed E-state index contributed by atoms with van der Waals surface area (Å²) >= 11 is 0. The largest absolute Gasteiger partial charge is 0.383 e. The molecule has 0 bridgehead atoms. The molecule has 0 saturated heterocycles. The fourth-order valence-corrected chi connectivity index (χ4v) is 2.74. The number of nitrogens with one attached hydrogen (secondary N) is 1. The van der Waals surface area contributed by atoms with E-state index in [9.17, 15) is 5.11 Å². The number of aliphatic hydroxyl groups is 1. The first-order valence-electron chi connectivity index (χ1n) is 6.20. The molecule has 100 valence electrons. The number of ether oxygens (including phenoxy) is 2. The highest BCUT2D eigenvalue weighted by Gasteiger charge is 2.43. The molecule has 1 aromatic carbocycles. The maximum Gasteiger partial charge on any atom is 0.187 e. The average Bonchev–Trinajstić information content (AvgIpc) is 2.39. The van der Waals surface area contributed by atoms with Gasteiger partial charge in [0.25, 0.3) is 0 Å². The molecule has 0 aromatic heterocycles. The fraction of sp³-hybridized carbons (Fsp3) is 0.571. The molecule has 0 saturated carbocycles. The number of methoxy groups -OCH3 is 2. The average molecular weight is 251 g/mol. The Morgan fingerprint density at radius 3 is 2.67 bits per heavy atom. The van der Waals surface area contributed by atoms with Crippen LogP contribution in [-0.2, 0) is 15.9 Å². The van der Waals surface area contributed by atoms with Gasteiger partial charge in [-0.2, -0.15) is 0 Å². The lowest BCUT2D eigenvalue weighted by Crippen LogP contribution is -2.53. The van der Waals surface area contributed by atoms with Crippen LogP contribution in [0.1, 0.15) is 24.1 Å². The molecule has 0 aliphatic carbocycles. The summed E-state index contributed by atoms with van der Waals surface area (Å²) in [5, 5.41) is 14.1. The fourth-order valence-electron chi connectivity index (χ4n) is 2.74. The third-order valence-electron chi connectivity index (χ3n) is 3.60. The molecule has 0 radical (unpaired) electrons. The van der Waals surface area contributed by atoms with Crippen LogP contribution < -0.4 is 5.32 Å². The molecule has 1 heterocycles. The molecule has 1 aliphatic heterocycles. The molecular formula is C14H21NO3. The highest BCUT2D eigenvalue weighted by molar-refractivity contribution is 5.34. The van der Waals surface area contributed by atoms with Crippen LogP contribution in [0.15, 0.2) is 24.3 Å². The lowest BCUT2D eigenvalue weighted by Gasteiger charge is -2.41. The molecule has 0 amide bonds. The summed E-state index contributed by atoms with van der Waals surface area (Å²) in [6.45, 7) is 2.59. The zero-order chi connectivity index (χ0) is 13.2. The van der Waals surface area contributed by atoms with Crippen molar-refractivity contribution >= 4 is 0 Å². The highest BCUT2D eigenvalue weighted by atomic mass is 16.7. The van der Waals surface area contributed by atoms with E-state index in [0.29, 0.717) is 0 Å². The van der Waals surface area contributed by atoms with E-state index in [-0.39, 0.29) is 6.04 Å². The van der Waals surface area contributed by atoms with Crippen molar-refractivity contribution in [2.45, 2.75) is 31.3 Å². The van der Waals surface area contributed by atoms with Crippen LogP contribution in [0, 0.1) is 0 Å². The molecule has 2 N–H and O–H groups in total. The number of hydrogen-bond donors (Lipinski definition) is 2. The van der Waals surface area contributed by atoms with Gasteiger partial charge in [0.2, 0.25) is 0 Å². The number of hydrogen-bond acceptors (Lipinski definition) is 4. The summed E-state index contributed by atoms with van der Waals surface area (Å²) in [5.74, 6) is 0. The maximum absolute atomic E-state index is 10.7. The summed E-state index contributed by atoms with van der Waals surface area (Å²) in [6.07, 6.45) is 0.314. The second-order valence-electron chi connectivity index (χ2n) is 4.87. The maximum atomic E-state index is 10.7. The van der Waals surface area contributed by atoms with Crippen molar-refractivity contribution in [3.8, 4) is 0 Å². The molecule has 0 fully saturated rings. The second kappa shape index (κ2) is 5.36. The number of fused-ring (bicyclic) bond motifs is 1. The summed E-state index contributed by atoms with van der Waals surface area (Å²) in [4.78, 5) is 0. The van der Waals surface area contributed by atoms with Crippen LogP contribution in [0.2, 0.25) is 0 Å². The standard InChI is InChI=1S/C14H21NO3/c1-14(16,13(17-2)18-3)12-11-7-5-4-6-10(11)8-9-15-12/h4-7,12-13,15-16H,8-9H2,1-3H3. The van der Waals surface area contributed by atoms with Gasteiger partial charge in [0, 0.05) is 14.2 Å². The van der Waals surface area contributed by atoms with Crippen LogP contribution in [0.25, 0.3) is 0 Å². The minimum absolute atomic E-state index is 0.188. The van der Waals surface area contributed by atoms with Gasteiger partial charge in [0.1, 0.15) is 5.60 Å². The minimum atomic E-state index is -1.12. The monoisotopic (exact) mass is 251 g/mol. The Labute approximate surface area is 108 Å². The van der Waals surface area contributed by atoms with E-state index in [2.05, 4.69) is 11.4 Å². The summed E-state index contributed by atoms with van der Waals surface area (Å²) < 4.78 is 10.4. The van der Waals surface area contributed by atoms with Gasteiger partial charge in [-0.05, 0) is 31.0 Å². The SMILES string of the molecule is COC(OC)C(C)(O)C1NCCc2ccccc21. The molecule has 4 heteroatoms. The van der Waals surface area contributed by atoms with Gasteiger partial charge in [-0.25, -0.2) is 0 Å². The zero-order valence-electron chi connectivity index (χ0n) is 11.1. The Hall–Kier alpha value is -0.940. The van der Waals surface area contributed by atoms with Crippen molar-refractivity contribution in [1.82, 2.24) is 5.32 Å². The van der Waals surface area contributed by atoms with Gasteiger partial charge < -0.3 is 19.9 Å². The van der Waals surface area contributed by atoms with Gasteiger partial charge in [0.15, 0.2) is 6.29 Å². The predicted molar refractivity (Wildman–Crippen MR) is 69.3 cm³/mol. The Bertz CT molecular complexity index is 402. The van der Waals surface area contributed by atoms with Crippen LogP contribution >= 0.6 is 0 Å². The third kappa shape index (κ3) is 2.29. The Morgan fingerprint density at radius 1 is 1.33 bits per heavy atom. The molecule has 2 atom stereocenters. The van der Waals surface area contributed by atoms with Gasteiger partial charge in [-0.15, -0.1) is 0 Å². The van der Waals surface area contributed by atoms with Crippen molar-refractivity contribution in [2.75, 3.05) is 20.8 Å². The van der Waals surface area contributed by atoms with Gasteiger partial charge in [-0.3, -0.25) is 0 Å². The number of rotatable bonds is 4. The molecule has 18 heavy (non-hydrogen) atoms. The lowest BCUT2D eigenvalue weighted by molar-refractivity contribution is -0.220. The number of benzene rings is 1.